The molecule has 24 heavy (non-hydrogen) atoms. The standard InChI is InChI=1S/C18H14N2O4/c1-2-9-20-17(21)14(11-19)10-15-7-8-16(24-15)12-3-5-13(6-4-12)18(22)23/h2-8,10H,1,9H2,(H,20,21)(H,22,23)/b14-10+. The van der Waals surface area contributed by atoms with Gasteiger partial charge in [-0.15, -0.1) is 6.58 Å². The minimum Gasteiger partial charge on any atom is -0.478 e. The summed E-state index contributed by atoms with van der Waals surface area (Å²) in [7, 11) is 0. The quantitative estimate of drug-likeness (QED) is 0.483. The Balaban J connectivity index is 2.21. The molecule has 0 saturated carbocycles. The third kappa shape index (κ3) is 3.99. The van der Waals surface area contributed by atoms with Crippen molar-refractivity contribution in [2.75, 3.05) is 6.54 Å². The Morgan fingerprint density at radius 3 is 2.54 bits per heavy atom. The number of nitriles is 1. The smallest absolute Gasteiger partial charge is 0.335 e. The van der Waals surface area contributed by atoms with E-state index in [1.807, 2.05) is 6.07 Å². The molecule has 1 heterocycles. The van der Waals surface area contributed by atoms with Gasteiger partial charge in [-0.25, -0.2) is 4.79 Å². The second-order valence-corrected chi connectivity index (χ2v) is 4.75. The molecule has 1 aromatic heterocycles. The number of hydrogen-bond acceptors (Lipinski definition) is 4. The van der Waals surface area contributed by atoms with E-state index in [-0.39, 0.29) is 17.7 Å². The van der Waals surface area contributed by atoms with Gasteiger partial charge in [0.05, 0.1) is 5.56 Å². The number of carbonyl (C=O) groups is 2. The number of carboxylic acid groups (broad SMARTS) is 1. The zero-order valence-corrected chi connectivity index (χ0v) is 12.7. The molecule has 0 aliphatic rings. The highest BCUT2D eigenvalue weighted by atomic mass is 16.4. The lowest BCUT2D eigenvalue weighted by Crippen LogP contribution is -2.24. The van der Waals surface area contributed by atoms with E-state index in [1.54, 1.807) is 24.3 Å². The molecule has 0 radical (unpaired) electrons. The third-order valence-corrected chi connectivity index (χ3v) is 3.10. The first kappa shape index (κ1) is 16.8. The first-order valence-corrected chi connectivity index (χ1v) is 6.99. The molecule has 2 aromatic rings. The maximum Gasteiger partial charge on any atom is 0.335 e. The number of furan rings is 1. The summed E-state index contributed by atoms with van der Waals surface area (Å²) in [5, 5.41) is 20.5. The first-order chi connectivity index (χ1) is 11.5. The number of nitrogens with one attached hydrogen (secondary N) is 1. The summed E-state index contributed by atoms with van der Waals surface area (Å²) in [4.78, 5) is 22.6. The first-order valence-electron chi connectivity index (χ1n) is 6.99. The lowest BCUT2D eigenvalue weighted by atomic mass is 10.1. The van der Waals surface area contributed by atoms with Gasteiger partial charge in [-0.1, -0.05) is 18.2 Å². The largest absolute Gasteiger partial charge is 0.478 e. The van der Waals surface area contributed by atoms with Crippen LogP contribution in [0.15, 0.2) is 59.0 Å². The fourth-order valence-electron chi connectivity index (χ4n) is 1.91. The number of nitrogens with zero attached hydrogens (tertiary/aromatic N) is 1. The maximum absolute atomic E-state index is 11.8. The van der Waals surface area contributed by atoms with Crippen molar-refractivity contribution in [2.24, 2.45) is 0 Å². The van der Waals surface area contributed by atoms with E-state index in [2.05, 4.69) is 11.9 Å². The van der Waals surface area contributed by atoms with Crippen molar-refractivity contribution >= 4 is 18.0 Å². The fourth-order valence-corrected chi connectivity index (χ4v) is 1.91. The van der Waals surface area contributed by atoms with Gasteiger partial charge in [-0.2, -0.15) is 5.26 Å². The zero-order valence-electron chi connectivity index (χ0n) is 12.7. The number of benzene rings is 1. The number of carboxylic acids is 1. The molecule has 2 rings (SSSR count). The van der Waals surface area contributed by atoms with E-state index in [4.69, 9.17) is 14.8 Å². The summed E-state index contributed by atoms with van der Waals surface area (Å²) in [5.74, 6) is -0.672. The summed E-state index contributed by atoms with van der Waals surface area (Å²) >= 11 is 0. The van der Waals surface area contributed by atoms with Crippen LogP contribution in [0.25, 0.3) is 17.4 Å². The summed E-state index contributed by atoms with van der Waals surface area (Å²) in [5.41, 5.74) is 0.782. The van der Waals surface area contributed by atoms with E-state index in [0.717, 1.165) is 0 Å². The van der Waals surface area contributed by atoms with Gasteiger partial charge in [-0.3, -0.25) is 4.79 Å². The molecule has 1 amide bonds. The zero-order chi connectivity index (χ0) is 17.5. The highest BCUT2D eigenvalue weighted by Crippen LogP contribution is 2.23. The molecule has 0 aliphatic heterocycles. The molecule has 0 unspecified atom stereocenters. The van der Waals surface area contributed by atoms with E-state index < -0.39 is 11.9 Å². The molecule has 0 aliphatic carbocycles. The molecule has 0 fully saturated rings. The number of amides is 1. The van der Waals surface area contributed by atoms with Crippen LogP contribution in [-0.2, 0) is 4.79 Å². The van der Waals surface area contributed by atoms with E-state index in [1.165, 1.54) is 24.3 Å². The number of hydrogen-bond donors (Lipinski definition) is 2. The van der Waals surface area contributed by atoms with Crippen LogP contribution in [0.2, 0.25) is 0 Å². The predicted octanol–water partition coefficient (Wildman–Crippen LogP) is 2.85. The summed E-state index contributed by atoms with van der Waals surface area (Å²) < 4.78 is 5.58. The topological polar surface area (TPSA) is 103 Å². The Labute approximate surface area is 138 Å². The molecular weight excluding hydrogens is 308 g/mol. The van der Waals surface area contributed by atoms with Gasteiger partial charge >= 0.3 is 5.97 Å². The average molecular weight is 322 g/mol. The predicted molar refractivity (Wildman–Crippen MR) is 87.9 cm³/mol. The third-order valence-electron chi connectivity index (χ3n) is 3.10. The molecule has 0 spiro atoms. The second kappa shape index (κ2) is 7.61. The highest BCUT2D eigenvalue weighted by molar-refractivity contribution is 6.01. The minimum absolute atomic E-state index is 0.0843. The van der Waals surface area contributed by atoms with Crippen LogP contribution in [-0.4, -0.2) is 23.5 Å². The van der Waals surface area contributed by atoms with Crippen molar-refractivity contribution in [3.63, 3.8) is 0 Å². The number of aromatic carboxylic acids is 1. The minimum atomic E-state index is -1.01. The van der Waals surface area contributed by atoms with Crippen molar-refractivity contribution in [2.45, 2.75) is 0 Å². The van der Waals surface area contributed by atoms with Crippen molar-refractivity contribution in [1.82, 2.24) is 5.32 Å². The monoisotopic (exact) mass is 322 g/mol. The van der Waals surface area contributed by atoms with Crippen molar-refractivity contribution < 1.29 is 19.1 Å². The Bertz CT molecular complexity index is 839. The average Bonchev–Trinajstić information content (AvgIpc) is 3.06. The fraction of sp³-hybridized carbons (Fsp3) is 0.0556. The van der Waals surface area contributed by atoms with E-state index >= 15 is 0 Å². The molecule has 6 nitrogen and oxygen atoms in total. The molecule has 0 atom stereocenters. The Morgan fingerprint density at radius 2 is 1.96 bits per heavy atom. The van der Waals surface area contributed by atoms with Gasteiger partial charge in [-0.05, 0) is 24.3 Å². The van der Waals surface area contributed by atoms with E-state index in [9.17, 15) is 9.59 Å². The van der Waals surface area contributed by atoms with Crippen LogP contribution in [0, 0.1) is 11.3 Å². The maximum atomic E-state index is 11.8. The van der Waals surface area contributed by atoms with Crippen molar-refractivity contribution in [3.05, 3.63) is 65.9 Å². The summed E-state index contributed by atoms with van der Waals surface area (Å²) in [6.07, 6.45) is 2.85. The molecule has 2 N–H and O–H groups in total. The Morgan fingerprint density at radius 1 is 1.25 bits per heavy atom. The lowest BCUT2D eigenvalue weighted by Gasteiger charge is -2.00. The van der Waals surface area contributed by atoms with Crippen molar-refractivity contribution in [1.29, 1.82) is 5.26 Å². The molecule has 120 valence electrons. The highest BCUT2D eigenvalue weighted by Gasteiger charge is 2.10. The molecule has 1 aromatic carbocycles. The number of carbonyl (C=O) groups excluding carboxylic acids is 1. The SMILES string of the molecule is C=CCNC(=O)/C(C#N)=C/c1ccc(-c2ccc(C(=O)O)cc2)o1. The molecule has 0 bridgehead atoms. The molecular formula is C18H14N2O4. The number of rotatable bonds is 6. The van der Waals surface area contributed by atoms with Gasteiger partial charge in [0.2, 0.25) is 0 Å². The van der Waals surface area contributed by atoms with Crippen LogP contribution in [0.3, 0.4) is 0 Å². The normalized spacial score (nSPS) is 10.7. The summed E-state index contributed by atoms with van der Waals surface area (Å²) in [6, 6.07) is 11.3. The summed E-state index contributed by atoms with van der Waals surface area (Å²) in [6.45, 7) is 3.74. The van der Waals surface area contributed by atoms with Crippen LogP contribution in [0.4, 0.5) is 0 Å². The van der Waals surface area contributed by atoms with Crippen molar-refractivity contribution in [3.8, 4) is 17.4 Å². The van der Waals surface area contributed by atoms with E-state index in [0.29, 0.717) is 17.1 Å². The molecule has 6 heteroatoms. The lowest BCUT2D eigenvalue weighted by molar-refractivity contribution is -0.116. The Kier molecular flexibility index (Phi) is 5.32. The van der Waals surface area contributed by atoms with Gasteiger partial charge in [0.25, 0.3) is 5.91 Å². The van der Waals surface area contributed by atoms with Gasteiger partial charge < -0.3 is 14.8 Å². The van der Waals surface area contributed by atoms with Gasteiger partial charge in [0.1, 0.15) is 23.2 Å². The van der Waals surface area contributed by atoms with Crippen LogP contribution in [0.1, 0.15) is 16.1 Å². The molecule has 0 saturated heterocycles. The second-order valence-electron chi connectivity index (χ2n) is 4.75. The Hall–Kier alpha value is -3.59. The van der Waals surface area contributed by atoms with Crippen LogP contribution < -0.4 is 5.32 Å². The van der Waals surface area contributed by atoms with Crippen LogP contribution >= 0.6 is 0 Å². The van der Waals surface area contributed by atoms with Gasteiger partial charge in [0.15, 0.2) is 0 Å². The van der Waals surface area contributed by atoms with Gasteiger partial charge in [0, 0.05) is 18.2 Å². The van der Waals surface area contributed by atoms with Crippen LogP contribution in [0.5, 0.6) is 0 Å².